The predicted molar refractivity (Wildman–Crippen MR) is 78.2 cm³/mol. The molecule has 0 unspecified atom stereocenters. The molecule has 1 aromatic heterocycles. The molecule has 2 aromatic rings. The van der Waals surface area contributed by atoms with Crippen LogP contribution in [0.15, 0.2) is 30.3 Å². The van der Waals surface area contributed by atoms with Gasteiger partial charge in [0.15, 0.2) is 0 Å². The first-order valence-electron chi connectivity index (χ1n) is 5.85. The zero-order valence-electron chi connectivity index (χ0n) is 11.2. The van der Waals surface area contributed by atoms with E-state index in [4.69, 9.17) is 27.9 Å². The molecule has 2 rings (SSSR count). The van der Waals surface area contributed by atoms with Crippen molar-refractivity contribution in [3.63, 3.8) is 0 Å². The number of hydrogen-bond acceptors (Lipinski definition) is 4. The normalized spacial score (nSPS) is 10.3. The number of aromatic nitrogens is 1. The Kier molecular flexibility index (Phi) is 4.55. The molecule has 0 aliphatic heterocycles. The van der Waals surface area contributed by atoms with Gasteiger partial charge < -0.3 is 14.0 Å². The van der Waals surface area contributed by atoms with Gasteiger partial charge in [-0.2, -0.15) is 0 Å². The van der Waals surface area contributed by atoms with Gasteiger partial charge in [0.05, 0.1) is 17.7 Å². The Bertz CT molecular complexity index is 692. The summed E-state index contributed by atoms with van der Waals surface area (Å²) < 4.78 is 11.2. The van der Waals surface area contributed by atoms with E-state index in [9.17, 15) is 9.59 Å². The van der Waals surface area contributed by atoms with Gasteiger partial charge in [-0.25, -0.2) is 9.59 Å². The van der Waals surface area contributed by atoms with Crippen molar-refractivity contribution < 1.29 is 19.1 Å². The van der Waals surface area contributed by atoms with E-state index in [0.717, 1.165) is 0 Å². The van der Waals surface area contributed by atoms with Crippen molar-refractivity contribution >= 4 is 35.1 Å². The van der Waals surface area contributed by atoms with Crippen molar-refractivity contribution in [1.82, 2.24) is 4.57 Å². The Balaban J connectivity index is 2.16. The third-order valence-electron chi connectivity index (χ3n) is 2.81. The molecule has 0 bridgehead atoms. The van der Waals surface area contributed by atoms with Gasteiger partial charge >= 0.3 is 11.9 Å². The molecule has 110 valence electrons. The minimum Gasteiger partial charge on any atom is -0.465 e. The molecule has 0 spiro atoms. The number of halogens is 2. The summed E-state index contributed by atoms with van der Waals surface area (Å²) >= 11 is 11.7. The Hall–Kier alpha value is -1.98. The number of hydrogen-bond donors (Lipinski definition) is 0. The second-order valence-corrected chi connectivity index (χ2v) is 4.90. The lowest BCUT2D eigenvalue weighted by molar-refractivity contribution is 0.0600. The van der Waals surface area contributed by atoms with Crippen LogP contribution >= 0.6 is 23.2 Å². The molecule has 0 fully saturated rings. The number of nitrogens with zero attached hydrogens (tertiary/aromatic N) is 1. The van der Waals surface area contributed by atoms with E-state index in [2.05, 4.69) is 4.74 Å². The van der Waals surface area contributed by atoms with Crippen LogP contribution in [-0.4, -0.2) is 23.6 Å². The van der Waals surface area contributed by atoms with Crippen LogP contribution < -0.4 is 4.74 Å². The average Bonchev–Trinajstić information content (AvgIpc) is 2.75. The van der Waals surface area contributed by atoms with Crippen LogP contribution in [0, 0.1) is 0 Å². The summed E-state index contributed by atoms with van der Waals surface area (Å²) in [5.74, 6) is -0.771. The standard InChI is InChI=1S/C14H11Cl2NO4/c1-17-11(7-10(15)12(17)16)14(19)21-9-5-3-8(4-6-9)13(18)20-2/h3-7H,1-2H3. The van der Waals surface area contributed by atoms with Crippen LogP contribution in [0.1, 0.15) is 20.8 Å². The van der Waals surface area contributed by atoms with Crippen molar-refractivity contribution in [2.75, 3.05) is 7.11 Å². The van der Waals surface area contributed by atoms with E-state index >= 15 is 0 Å². The largest absolute Gasteiger partial charge is 0.465 e. The number of carbonyl (C=O) groups is 2. The predicted octanol–water partition coefficient (Wildman–Crippen LogP) is 3.34. The van der Waals surface area contributed by atoms with E-state index in [0.29, 0.717) is 11.3 Å². The van der Waals surface area contributed by atoms with E-state index in [1.54, 1.807) is 7.05 Å². The van der Waals surface area contributed by atoms with Gasteiger partial charge in [0.1, 0.15) is 16.6 Å². The molecule has 0 amide bonds. The van der Waals surface area contributed by atoms with Gasteiger partial charge in [0.2, 0.25) is 0 Å². The molecule has 1 aromatic carbocycles. The van der Waals surface area contributed by atoms with Crippen LogP contribution in [0.5, 0.6) is 5.75 Å². The molecule has 0 atom stereocenters. The fourth-order valence-electron chi connectivity index (χ4n) is 1.67. The van der Waals surface area contributed by atoms with Crippen LogP contribution in [0.25, 0.3) is 0 Å². The fourth-order valence-corrected chi connectivity index (χ4v) is 2.05. The first kappa shape index (κ1) is 15.4. The highest BCUT2D eigenvalue weighted by Crippen LogP contribution is 2.26. The maximum atomic E-state index is 12.0. The van der Waals surface area contributed by atoms with Gasteiger partial charge in [-0.3, -0.25) is 0 Å². The number of ether oxygens (including phenoxy) is 2. The minimum atomic E-state index is -0.600. The van der Waals surface area contributed by atoms with Gasteiger partial charge in [0, 0.05) is 7.05 Å². The molecule has 0 radical (unpaired) electrons. The maximum absolute atomic E-state index is 12.0. The van der Waals surface area contributed by atoms with E-state index in [1.807, 2.05) is 0 Å². The summed E-state index contributed by atoms with van der Waals surface area (Å²) in [6, 6.07) is 7.42. The summed E-state index contributed by atoms with van der Waals surface area (Å²) in [6.07, 6.45) is 0. The van der Waals surface area contributed by atoms with Crippen LogP contribution in [0.4, 0.5) is 0 Å². The van der Waals surface area contributed by atoms with Crippen LogP contribution in [-0.2, 0) is 11.8 Å². The minimum absolute atomic E-state index is 0.224. The van der Waals surface area contributed by atoms with Crippen molar-refractivity contribution in [1.29, 1.82) is 0 Å². The smallest absolute Gasteiger partial charge is 0.360 e. The van der Waals surface area contributed by atoms with Crippen molar-refractivity contribution in [2.24, 2.45) is 7.05 Å². The van der Waals surface area contributed by atoms with E-state index in [1.165, 1.54) is 42.0 Å². The number of methoxy groups -OCH3 is 1. The first-order valence-corrected chi connectivity index (χ1v) is 6.61. The van der Waals surface area contributed by atoms with Gasteiger partial charge in [0.25, 0.3) is 0 Å². The maximum Gasteiger partial charge on any atom is 0.360 e. The number of carbonyl (C=O) groups excluding carboxylic acids is 2. The van der Waals surface area contributed by atoms with Crippen molar-refractivity contribution in [2.45, 2.75) is 0 Å². The highest BCUT2D eigenvalue weighted by Gasteiger charge is 2.18. The molecule has 0 saturated heterocycles. The van der Waals surface area contributed by atoms with Crippen LogP contribution in [0.3, 0.4) is 0 Å². The lowest BCUT2D eigenvalue weighted by Crippen LogP contribution is -2.13. The lowest BCUT2D eigenvalue weighted by Gasteiger charge is -2.06. The molecular formula is C14H11Cl2NO4. The zero-order chi connectivity index (χ0) is 15.6. The quantitative estimate of drug-likeness (QED) is 0.640. The molecule has 7 heteroatoms. The lowest BCUT2D eigenvalue weighted by atomic mass is 10.2. The summed E-state index contributed by atoms with van der Waals surface area (Å²) in [4.78, 5) is 23.3. The molecule has 5 nitrogen and oxygen atoms in total. The second-order valence-electron chi connectivity index (χ2n) is 4.13. The summed E-state index contributed by atoms with van der Waals surface area (Å²) in [7, 11) is 2.89. The number of esters is 2. The Morgan fingerprint density at radius 1 is 1.10 bits per heavy atom. The van der Waals surface area contributed by atoms with Gasteiger partial charge in [-0.15, -0.1) is 0 Å². The number of benzene rings is 1. The molecule has 0 saturated carbocycles. The Morgan fingerprint density at radius 2 is 1.71 bits per heavy atom. The zero-order valence-corrected chi connectivity index (χ0v) is 12.7. The first-order chi connectivity index (χ1) is 9.93. The van der Waals surface area contributed by atoms with E-state index < -0.39 is 11.9 Å². The highest BCUT2D eigenvalue weighted by molar-refractivity contribution is 6.41. The molecule has 1 heterocycles. The molecular weight excluding hydrogens is 317 g/mol. The Morgan fingerprint density at radius 3 is 2.19 bits per heavy atom. The third-order valence-corrected chi connectivity index (χ3v) is 3.65. The number of rotatable bonds is 3. The van der Waals surface area contributed by atoms with Crippen molar-refractivity contribution in [3.8, 4) is 5.75 Å². The summed E-state index contributed by atoms with van der Waals surface area (Å²) in [6.45, 7) is 0. The average molecular weight is 328 g/mol. The topological polar surface area (TPSA) is 57.5 Å². The summed E-state index contributed by atoms with van der Waals surface area (Å²) in [5, 5.41) is 0.525. The molecule has 0 N–H and O–H groups in total. The van der Waals surface area contributed by atoms with E-state index in [-0.39, 0.29) is 15.9 Å². The Labute approximate surface area is 131 Å². The third kappa shape index (κ3) is 3.20. The van der Waals surface area contributed by atoms with Gasteiger partial charge in [-0.1, -0.05) is 23.2 Å². The highest BCUT2D eigenvalue weighted by atomic mass is 35.5. The molecule has 0 aliphatic carbocycles. The SMILES string of the molecule is COC(=O)c1ccc(OC(=O)c2cc(Cl)c(Cl)n2C)cc1. The molecule has 0 aliphatic rings. The fraction of sp³-hybridized carbons (Fsp3) is 0.143. The monoisotopic (exact) mass is 327 g/mol. The second kappa shape index (κ2) is 6.20. The summed E-state index contributed by atoms with van der Waals surface area (Å²) in [5.41, 5.74) is 0.587. The molecule has 21 heavy (non-hydrogen) atoms. The van der Waals surface area contributed by atoms with Crippen LogP contribution in [0.2, 0.25) is 10.2 Å². The van der Waals surface area contributed by atoms with Gasteiger partial charge in [-0.05, 0) is 30.3 Å². The van der Waals surface area contributed by atoms with Crippen molar-refractivity contribution in [3.05, 3.63) is 51.8 Å².